The van der Waals surface area contributed by atoms with Gasteiger partial charge in [-0.2, -0.15) is 5.10 Å². The molecule has 0 aliphatic rings. The van der Waals surface area contributed by atoms with Crippen molar-refractivity contribution in [1.29, 1.82) is 0 Å². The van der Waals surface area contributed by atoms with Crippen molar-refractivity contribution in [1.82, 2.24) is 9.78 Å². The molecule has 0 radical (unpaired) electrons. The molecule has 2 nitrogen and oxygen atoms in total. The van der Waals surface area contributed by atoms with Crippen LogP contribution in [0.25, 0.3) is 0 Å². The van der Waals surface area contributed by atoms with Crippen LogP contribution in [0.4, 0.5) is 4.39 Å². The van der Waals surface area contributed by atoms with Crippen molar-refractivity contribution in [3.63, 3.8) is 0 Å². The van der Waals surface area contributed by atoms with Crippen LogP contribution in [0.1, 0.15) is 26.5 Å². The minimum Gasteiger partial charge on any atom is -0.268 e. The normalized spacial score (nSPS) is 12.2. The van der Waals surface area contributed by atoms with Gasteiger partial charge in [0.1, 0.15) is 0 Å². The smallest absolute Gasteiger partial charge is 0.179 e. The first kappa shape index (κ1) is 9.71. The van der Waals surface area contributed by atoms with E-state index in [1.54, 1.807) is 11.7 Å². The fraction of sp³-hybridized carbons (Fsp3) is 0.625. The SMILES string of the molecule is Cn1nc(Br)c(F)c1C(C)(C)C. The molecule has 0 unspecified atom stereocenters. The third kappa shape index (κ3) is 1.53. The van der Waals surface area contributed by atoms with Crippen LogP contribution in [0, 0.1) is 5.82 Å². The summed E-state index contributed by atoms with van der Waals surface area (Å²) in [5, 5.41) is 3.94. The van der Waals surface area contributed by atoms with Crippen molar-refractivity contribution in [2.75, 3.05) is 0 Å². The van der Waals surface area contributed by atoms with Crippen molar-refractivity contribution >= 4 is 15.9 Å². The second-order valence-electron chi connectivity index (χ2n) is 3.83. The van der Waals surface area contributed by atoms with Gasteiger partial charge in [0.2, 0.25) is 0 Å². The summed E-state index contributed by atoms with van der Waals surface area (Å²) in [4.78, 5) is 0. The van der Waals surface area contributed by atoms with Gasteiger partial charge in [0.05, 0.1) is 5.69 Å². The molecule has 0 amide bonds. The van der Waals surface area contributed by atoms with Crippen LogP contribution in [0.2, 0.25) is 0 Å². The molecule has 1 aromatic heterocycles. The van der Waals surface area contributed by atoms with Gasteiger partial charge in [-0.25, -0.2) is 4.39 Å². The molecule has 0 N–H and O–H groups in total. The minimum absolute atomic E-state index is 0.210. The van der Waals surface area contributed by atoms with Crippen molar-refractivity contribution < 1.29 is 4.39 Å². The molecule has 0 bridgehead atoms. The highest BCUT2D eigenvalue weighted by Crippen LogP contribution is 2.28. The van der Waals surface area contributed by atoms with E-state index in [-0.39, 0.29) is 15.8 Å². The fourth-order valence-electron chi connectivity index (χ4n) is 1.28. The second-order valence-corrected chi connectivity index (χ2v) is 4.58. The Morgan fingerprint density at radius 1 is 1.42 bits per heavy atom. The van der Waals surface area contributed by atoms with Crippen LogP contribution < -0.4 is 0 Å². The van der Waals surface area contributed by atoms with Crippen molar-refractivity contribution in [3.05, 3.63) is 16.1 Å². The summed E-state index contributed by atoms with van der Waals surface area (Å²) < 4.78 is 15.2. The summed E-state index contributed by atoms with van der Waals surface area (Å²) in [7, 11) is 1.74. The molecule has 0 atom stereocenters. The predicted molar refractivity (Wildman–Crippen MR) is 49.6 cm³/mol. The van der Waals surface area contributed by atoms with E-state index in [0.717, 1.165) is 0 Å². The first-order valence-corrected chi connectivity index (χ1v) is 4.52. The molecule has 0 aromatic carbocycles. The first-order chi connectivity index (χ1) is 5.34. The molecule has 0 saturated heterocycles. The van der Waals surface area contributed by atoms with E-state index < -0.39 is 0 Å². The Hall–Kier alpha value is -0.380. The lowest BCUT2D eigenvalue weighted by molar-refractivity contribution is 0.481. The highest BCUT2D eigenvalue weighted by Gasteiger charge is 2.25. The van der Waals surface area contributed by atoms with Gasteiger partial charge < -0.3 is 0 Å². The third-order valence-corrected chi connectivity index (χ3v) is 2.17. The van der Waals surface area contributed by atoms with Gasteiger partial charge >= 0.3 is 0 Å². The second kappa shape index (κ2) is 2.83. The lowest BCUT2D eigenvalue weighted by Crippen LogP contribution is -2.18. The Bertz CT molecular complexity index is 299. The van der Waals surface area contributed by atoms with Crippen LogP contribution in [0.15, 0.2) is 4.60 Å². The summed E-state index contributed by atoms with van der Waals surface area (Å²) in [6.07, 6.45) is 0. The zero-order valence-electron chi connectivity index (χ0n) is 7.65. The fourth-order valence-corrected chi connectivity index (χ4v) is 1.71. The molecule has 0 aliphatic carbocycles. The number of halogens is 2. The Morgan fingerprint density at radius 2 is 1.92 bits per heavy atom. The number of hydrogen-bond acceptors (Lipinski definition) is 1. The van der Waals surface area contributed by atoms with E-state index in [2.05, 4.69) is 21.0 Å². The number of aryl methyl sites for hydroxylation is 1. The molecular formula is C8H12BrFN2. The molecular weight excluding hydrogens is 223 g/mol. The summed E-state index contributed by atoms with van der Waals surface area (Å²) in [6, 6.07) is 0. The number of aromatic nitrogens is 2. The number of hydrogen-bond donors (Lipinski definition) is 0. The zero-order valence-corrected chi connectivity index (χ0v) is 9.24. The summed E-state index contributed by atoms with van der Waals surface area (Å²) in [5.41, 5.74) is 0.409. The van der Waals surface area contributed by atoms with Crippen molar-refractivity contribution in [2.45, 2.75) is 26.2 Å². The number of rotatable bonds is 0. The summed E-state index contributed by atoms with van der Waals surface area (Å²) in [5.74, 6) is -0.259. The van der Waals surface area contributed by atoms with E-state index >= 15 is 0 Å². The minimum atomic E-state index is -0.259. The van der Waals surface area contributed by atoms with E-state index in [1.165, 1.54) is 0 Å². The van der Waals surface area contributed by atoms with Gasteiger partial charge in [-0.1, -0.05) is 20.8 Å². The summed E-state index contributed by atoms with van der Waals surface area (Å²) >= 11 is 3.05. The lowest BCUT2D eigenvalue weighted by Gasteiger charge is -2.18. The van der Waals surface area contributed by atoms with Gasteiger partial charge in [0.15, 0.2) is 10.4 Å². The van der Waals surface area contributed by atoms with Gasteiger partial charge in [-0.05, 0) is 15.9 Å². The Balaban J connectivity index is 3.32. The first-order valence-electron chi connectivity index (χ1n) is 3.72. The highest BCUT2D eigenvalue weighted by atomic mass is 79.9. The average molecular weight is 235 g/mol. The van der Waals surface area contributed by atoms with Gasteiger partial charge in [-0.3, -0.25) is 4.68 Å². The lowest BCUT2D eigenvalue weighted by atomic mass is 9.92. The van der Waals surface area contributed by atoms with Crippen LogP contribution in [-0.4, -0.2) is 9.78 Å². The van der Waals surface area contributed by atoms with E-state index in [9.17, 15) is 4.39 Å². The van der Waals surface area contributed by atoms with Gasteiger partial charge in [-0.15, -0.1) is 0 Å². The van der Waals surface area contributed by atoms with Crippen LogP contribution in [0.3, 0.4) is 0 Å². The molecule has 1 rings (SSSR count). The largest absolute Gasteiger partial charge is 0.268 e. The highest BCUT2D eigenvalue weighted by molar-refractivity contribution is 9.10. The molecule has 12 heavy (non-hydrogen) atoms. The molecule has 0 spiro atoms. The Morgan fingerprint density at radius 3 is 2.08 bits per heavy atom. The van der Waals surface area contributed by atoms with E-state index in [1.807, 2.05) is 20.8 Å². The maximum atomic E-state index is 13.4. The zero-order chi connectivity index (χ0) is 9.52. The quantitative estimate of drug-likeness (QED) is 0.675. The van der Waals surface area contributed by atoms with Crippen LogP contribution >= 0.6 is 15.9 Å². The molecule has 1 aromatic rings. The van der Waals surface area contributed by atoms with Gasteiger partial charge in [0, 0.05) is 12.5 Å². The van der Waals surface area contributed by atoms with E-state index in [4.69, 9.17) is 0 Å². The molecule has 1 heterocycles. The maximum absolute atomic E-state index is 13.4. The van der Waals surface area contributed by atoms with Crippen molar-refractivity contribution in [3.8, 4) is 0 Å². The predicted octanol–water partition coefficient (Wildman–Crippen LogP) is 2.62. The van der Waals surface area contributed by atoms with E-state index in [0.29, 0.717) is 5.69 Å². The maximum Gasteiger partial charge on any atom is 0.179 e. The van der Waals surface area contributed by atoms with Crippen LogP contribution in [-0.2, 0) is 12.5 Å². The monoisotopic (exact) mass is 234 g/mol. The Kier molecular flexibility index (Phi) is 2.29. The molecule has 0 aliphatic heterocycles. The molecule has 4 heteroatoms. The standard InChI is InChI=1S/C8H12BrFN2/c1-8(2,3)6-5(10)7(9)11-12(6)4/h1-4H3. The van der Waals surface area contributed by atoms with Crippen LogP contribution in [0.5, 0.6) is 0 Å². The van der Waals surface area contributed by atoms with Gasteiger partial charge in [0.25, 0.3) is 0 Å². The molecule has 0 fully saturated rings. The summed E-state index contributed by atoms with van der Waals surface area (Å²) in [6.45, 7) is 5.87. The van der Waals surface area contributed by atoms with Crippen molar-refractivity contribution in [2.24, 2.45) is 7.05 Å². The third-order valence-electron chi connectivity index (χ3n) is 1.66. The Labute approximate surface area is 79.9 Å². The number of nitrogens with zero attached hydrogens (tertiary/aromatic N) is 2. The average Bonchev–Trinajstić information content (AvgIpc) is 2.05. The molecule has 0 saturated carbocycles. The topological polar surface area (TPSA) is 17.8 Å². The molecule has 68 valence electrons.